The summed E-state index contributed by atoms with van der Waals surface area (Å²) in [6, 6.07) is 5.88. The molecule has 2 rings (SSSR count). The third-order valence-corrected chi connectivity index (χ3v) is 4.26. The second kappa shape index (κ2) is 10.3. The first kappa shape index (κ1) is 21.3. The van der Waals surface area contributed by atoms with Crippen molar-refractivity contribution in [2.45, 2.75) is 46.0 Å². The van der Waals surface area contributed by atoms with Gasteiger partial charge in [-0.1, -0.05) is 44.6 Å². The van der Waals surface area contributed by atoms with Gasteiger partial charge in [-0.05, 0) is 37.1 Å². The average molecular weight is 382 g/mol. The van der Waals surface area contributed by atoms with E-state index in [1.54, 1.807) is 18.3 Å². The number of anilines is 1. The number of nitrogens with one attached hydrogen (secondary N) is 1. The number of allylic oxidation sites excluding steroid dienone is 3. The van der Waals surface area contributed by atoms with Crippen molar-refractivity contribution in [2.75, 3.05) is 5.32 Å². The molecule has 28 heavy (non-hydrogen) atoms. The minimum Gasteiger partial charge on any atom is -0.399 e. The average Bonchev–Trinajstić information content (AvgIpc) is 2.69. The van der Waals surface area contributed by atoms with Crippen LogP contribution >= 0.6 is 0 Å². The molecule has 3 N–H and O–H groups in total. The predicted molar refractivity (Wildman–Crippen MR) is 110 cm³/mol. The molecule has 1 atom stereocenters. The van der Waals surface area contributed by atoms with Gasteiger partial charge in [0.25, 0.3) is 0 Å². The van der Waals surface area contributed by atoms with Gasteiger partial charge in [-0.25, -0.2) is 9.37 Å². The largest absolute Gasteiger partial charge is 0.399 e. The normalized spacial score (nSPS) is 12.9. The van der Waals surface area contributed by atoms with Gasteiger partial charge in [-0.15, -0.1) is 0 Å². The van der Waals surface area contributed by atoms with Crippen molar-refractivity contribution in [3.05, 3.63) is 77.2 Å². The maximum atomic E-state index is 13.0. The molecule has 5 nitrogen and oxygen atoms in total. The molecule has 0 fully saturated rings. The number of aromatic nitrogens is 2. The van der Waals surface area contributed by atoms with Gasteiger partial charge in [-0.3, -0.25) is 9.78 Å². The zero-order chi connectivity index (χ0) is 20.5. The lowest BCUT2D eigenvalue weighted by molar-refractivity contribution is -0.115. The third kappa shape index (κ3) is 6.30. The fourth-order valence-electron chi connectivity index (χ4n) is 2.59. The smallest absolute Gasteiger partial charge is 0.229 e. The number of halogens is 1. The fourth-order valence-corrected chi connectivity index (χ4v) is 2.59. The Labute approximate surface area is 165 Å². The van der Waals surface area contributed by atoms with E-state index >= 15 is 0 Å². The van der Waals surface area contributed by atoms with Crippen LogP contribution in [0.2, 0.25) is 0 Å². The standard InChI is InChI=1S/C22H27FN4O/c1-4-6-19-22(27-21(28)13-16-8-10-17(23)11-9-16)25-14-20(26-19)15(3)7-12-18(24)5-2/h5,7-12,14-15H,4,6,13,24H2,1-3H3,(H,25,27,28)/b12-7-,18-5+. The van der Waals surface area contributed by atoms with E-state index in [0.717, 1.165) is 23.4 Å². The van der Waals surface area contributed by atoms with E-state index in [9.17, 15) is 9.18 Å². The van der Waals surface area contributed by atoms with Crippen LogP contribution in [0, 0.1) is 5.82 Å². The number of hydrogen-bond donors (Lipinski definition) is 2. The second-order valence-electron chi connectivity index (χ2n) is 6.63. The SMILES string of the molecule is C/C=C(N)\C=C/C(C)c1cnc(NC(=O)Cc2ccc(F)cc2)c(CCC)n1. The van der Waals surface area contributed by atoms with Crippen molar-refractivity contribution in [1.29, 1.82) is 0 Å². The van der Waals surface area contributed by atoms with Gasteiger partial charge in [0.1, 0.15) is 5.82 Å². The number of nitrogens with zero attached hydrogens (tertiary/aromatic N) is 2. The molecule has 0 saturated heterocycles. The van der Waals surface area contributed by atoms with Crippen LogP contribution in [0.25, 0.3) is 0 Å². The van der Waals surface area contributed by atoms with E-state index in [0.29, 0.717) is 17.9 Å². The molecule has 148 valence electrons. The van der Waals surface area contributed by atoms with Gasteiger partial charge in [0.2, 0.25) is 5.91 Å². The van der Waals surface area contributed by atoms with Crippen molar-refractivity contribution >= 4 is 11.7 Å². The summed E-state index contributed by atoms with van der Waals surface area (Å²) < 4.78 is 13.0. The van der Waals surface area contributed by atoms with Gasteiger partial charge < -0.3 is 11.1 Å². The van der Waals surface area contributed by atoms with E-state index in [-0.39, 0.29) is 24.1 Å². The molecule has 0 bridgehead atoms. The van der Waals surface area contributed by atoms with Crippen LogP contribution in [0.4, 0.5) is 10.2 Å². The molecule has 0 aliphatic heterocycles. The van der Waals surface area contributed by atoms with E-state index in [4.69, 9.17) is 10.7 Å². The summed E-state index contributed by atoms with van der Waals surface area (Å²) in [5.74, 6) is -0.0116. The highest BCUT2D eigenvalue weighted by molar-refractivity contribution is 5.91. The number of rotatable bonds is 8. The third-order valence-electron chi connectivity index (χ3n) is 4.26. The number of carbonyl (C=O) groups excluding carboxylic acids is 1. The number of nitrogens with two attached hydrogens (primary N) is 1. The minimum absolute atomic E-state index is 0.0468. The van der Waals surface area contributed by atoms with Gasteiger partial charge in [-0.2, -0.15) is 0 Å². The van der Waals surface area contributed by atoms with Crippen LogP contribution < -0.4 is 11.1 Å². The minimum atomic E-state index is -0.324. The molecule has 1 aromatic carbocycles. The maximum Gasteiger partial charge on any atom is 0.229 e. The van der Waals surface area contributed by atoms with Crippen LogP contribution in [0.3, 0.4) is 0 Å². The molecular formula is C22H27FN4O. The van der Waals surface area contributed by atoms with Crippen molar-refractivity contribution < 1.29 is 9.18 Å². The molecule has 0 spiro atoms. The van der Waals surface area contributed by atoms with Crippen molar-refractivity contribution in [3.63, 3.8) is 0 Å². The second-order valence-corrected chi connectivity index (χ2v) is 6.63. The zero-order valence-corrected chi connectivity index (χ0v) is 16.6. The summed E-state index contributed by atoms with van der Waals surface area (Å²) in [6.07, 6.45) is 9.07. The summed E-state index contributed by atoms with van der Waals surface area (Å²) in [5.41, 5.74) is 8.80. The molecule has 0 radical (unpaired) electrons. The van der Waals surface area contributed by atoms with Crippen LogP contribution in [-0.4, -0.2) is 15.9 Å². The van der Waals surface area contributed by atoms with Gasteiger partial charge in [0.05, 0.1) is 24.0 Å². The highest BCUT2D eigenvalue weighted by Crippen LogP contribution is 2.19. The first-order valence-electron chi connectivity index (χ1n) is 9.43. The number of carbonyl (C=O) groups is 1. The number of aryl methyl sites for hydroxylation is 1. The molecule has 6 heteroatoms. The van der Waals surface area contributed by atoms with Crippen LogP contribution in [-0.2, 0) is 17.6 Å². The topological polar surface area (TPSA) is 80.9 Å². The molecule has 0 saturated carbocycles. The Morgan fingerprint density at radius 2 is 2.04 bits per heavy atom. The fraction of sp³-hybridized carbons (Fsp3) is 0.318. The van der Waals surface area contributed by atoms with Crippen LogP contribution in [0.1, 0.15) is 50.1 Å². The molecule has 1 unspecified atom stereocenters. The van der Waals surface area contributed by atoms with Crippen molar-refractivity contribution in [2.24, 2.45) is 5.73 Å². The lowest BCUT2D eigenvalue weighted by Crippen LogP contribution is -2.18. The van der Waals surface area contributed by atoms with Gasteiger partial charge in [0, 0.05) is 11.6 Å². The Kier molecular flexibility index (Phi) is 7.87. The Bertz CT molecular complexity index is 859. The molecular weight excluding hydrogens is 355 g/mol. The molecule has 1 amide bonds. The Morgan fingerprint density at radius 1 is 1.32 bits per heavy atom. The molecule has 0 aliphatic rings. The lowest BCUT2D eigenvalue weighted by atomic mass is 10.1. The molecule has 0 aliphatic carbocycles. The Balaban J connectivity index is 2.14. The van der Waals surface area contributed by atoms with Crippen LogP contribution in [0.15, 0.2) is 54.4 Å². The van der Waals surface area contributed by atoms with E-state index in [1.807, 2.05) is 32.1 Å². The first-order chi connectivity index (χ1) is 13.4. The van der Waals surface area contributed by atoms with Crippen LogP contribution in [0.5, 0.6) is 0 Å². The molecule has 1 aromatic heterocycles. The summed E-state index contributed by atoms with van der Waals surface area (Å²) in [6.45, 7) is 5.95. The van der Waals surface area contributed by atoms with E-state index in [2.05, 4.69) is 17.2 Å². The lowest BCUT2D eigenvalue weighted by Gasteiger charge is -2.13. The van der Waals surface area contributed by atoms with Crippen molar-refractivity contribution in [1.82, 2.24) is 9.97 Å². The highest BCUT2D eigenvalue weighted by Gasteiger charge is 2.13. The zero-order valence-electron chi connectivity index (χ0n) is 16.6. The van der Waals surface area contributed by atoms with E-state index < -0.39 is 0 Å². The summed E-state index contributed by atoms with van der Waals surface area (Å²) in [4.78, 5) is 21.5. The van der Waals surface area contributed by atoms with Gasteiger partial charge in [0.15, 0.2) is 5.82 Å². The number of amides is 1. The Hall–Kier alpha value is -3.02. The highest BCUT2D eigenvalue weighted by atomic mass is 19.1. The maximum absolute atomic E-state index is 13.0. The summed E-state index contributed by atoms with van der Waals surface area (Å²) in [5, 5.41) is 2.83. The summed E-state index contributed by atoms with van der Waals surface area (Å²) >= 11 is 0. The molecule has 1 heterocycles. The summed E-state index contributed by atoms with van der Waals surface area (Å²) in [7, 11) is 0. The quantitative estimate of drug-likeness (QED) is 0.668. The molecule has 2 aromatic rings. The predicted octanol–water partition coefficient (Wildman–Crippen LogP) is 4.27. The van der Waals surface area contributed by atoms with Crippen molar-refractivity contribution in [3.8, 4) is 0 Å². The Morgan fingerprint density at radius 3 is 2.68 bits per heavy atom. The van der Waals surface area contributed by atoms with E-state index in [1.165, 1.54) is 12.1 Å². The number of benzene rings is 1. The number of hydrogen-bond acceptors (Lipinski definition) is 4. The first-order valence-corrected chi connectivity index (χ1v) is 9.43. The monoisotopic (exact) mass is 382 g/mol. The van der Waals surface area contributed by atoms with Gasteiger partial charge >= 0.3 is 0 Å².